The van der Waals surface area contributed by atoms with Gasteiger partial charge in [0.1, 0.15) is 5.75 Å². The third kappa shape index (κ3) is 4.58. The van der Waals surface area contributed by atoms with Crippen LogP contribution in [0.2, 0.25) is 0 Å². The second kappa shape index (κ2) is 8.82. The maximum absolute atomic E-state index is 13.2. The van der Waals surface area contributed by atoms with Gasteiger partial charge >= 0.3 is 0 Å². The van der Waals surface area contributed by atoms with Crippen molar-refractivity contribution in [3.05, 3.63) is 104 Å². The van der Waals surface area contributed by atoms with E-state index in [1.165, 1.54) is 48.4 Å². The van der Waals surface area contributed by atoms with E-state index in [1.807, 2.05) is 0 Å². The molecule has 0 aliphatic heterocycles. The Morgan fingerprint density at radius 1 is 0.900 bits per heavy atom. The van der Waals surface area contributed by atoms with Crippen LogP contribution in [0.25, 0.3) is 0 Å². The van der Waals surface area contributed by atoms with Crippen LogP contribution in [0.4, 0.5) is 17.1 Å². The molecular formula is C21H17N3O6. The zero-order valence-corrected chi connectivity index (χ0v) is 15.9. The van der Waals surface area contributed by atoms with Crippen molar-refractivity contribution in [2.24, 2.45) is 0 Å². The van der Waals surface area contributed by atoms with Crippen molar-refractivity contribution in [3.8, 4) is 5.75 Å². The summed E-state index contributed by atoms with van der Waals surface area (Å²) in [5, 5.41) is 21.9. The Kier molecular flexibility index (Phi) is 6.02. The van der Waals surface area contributed by atoms with Gasteiger partial charge in [-0.05, 0) is 35.9 Å². The molecule has 152 valence electrons. The van der Waals surface area contributed by atoms with E-state index in [-0.39, 0.29) is 23.5 Å². The normalized spacial score (nSPS) is 10.3. The molecule has 0 fully saturated rings. The van der Waals surface area contributed by atoms with Gasteiger partial charge in [0.2, 0.25) is 0 Å². The molecule has 3 aromatic carbocycles. The molecule has 0 saturated heterocycles. The minimum Gasteiger partial charge on any atom is -0.497 e. The van der Waals surface area contributed by atoms with Crippen LogP contribution in [0.5, 0.6) is 5.75 Å². The molecule has 30 heavy (non-hydrogen) atoms. The molecule has 0 N–H and O–H groups in total. The maximum atomic E-state index is 13.2. The van der Waals surface area contributed by atoms with Gasteiger partial charge in [-0.3, -0.25) is 25.0 Å². The zero-order chi connectivity index (χ0) is 21.7. The minimum absolute atomic E-state index is 0.0558. The number of nitro groups is 2. The topological polar surface area (TPSA) is 116 Å². The fourth-order valence-electron chi connectivity index (χ4n) is 2.86. The van der Waals surface area contributed by atoms with Crippen LogP contribution >= 0.6 is 0 Å². The summed E-state index contributed by atoms with van der Waals surface area (Å²) in [5.74, 6) is 0.166. The first-order valence-electron chi connectivity index (χ1n) is 8.83. The molecule has 0 heterocycles. The van der Waals surface area contributed by atoms with Crippen LogP contribution < -0.4 is 9.64 Å². The van der Waals surface area contributed by atoms with Crippen LogP contribution in [-0.4, -0.2) is 22.9 Å². The zero-order valence-electron chi connectivity index (χ0n) is 15.9. The number of methoxy groups -OCH3 is 1. The van der Waals surface area contributed by atoms with Gasteiger partial charge in [-0.15, -0.1) is 0 Å². The Morgan fingerprint density at radius 2 is 1.53 bits per heavy atom. The molecule has 9 nitrogen and oxygen atoms in total. The summed E-state index contributed by atoms with van der Waals surface area (Å²) in [6, 6.07) is 18.1. The molecule has 0 aliphatic carbocycles. The van der Waals surface area contributed by atoms with E-state index in [9.17, 15) is 25.0 Å². The van der Waals surface area contributed by atoms with Gasteiger partial charge in [-0.25, -0.2) is 0 Å². The van der Waals surface area contributed by atoms with Crippen LogP contribution in [-0.2, 0) is 6.54 Å². The second-order valence-corrected chi connectivity index (χ2v) is 6.32. The third-order valence-electron chi connectivity index (χ3n) is 4.42. The van der Waals surface area contributed by atoms with Crippen LogP contribution in [0, 0.1) is 20.2 Å². The first-order valence-corrected chi connectivity index (χ1v) is 8.83. The Balaban J connectivity index is 1.97. The molecule has 3 aromatic rings. The van der Waals surface area contributed by atoms with Crippen LogP contribution in [0.1, 0.15) is 15.9 Å². The summed E-state index contributed by atoms with van der Waals surface area (Å²) in [6.07, 6.45) is 0. The van der Waals surface area contributed by atoms with Crippen molar-refractivity contribution >= 4 is 23.0 Å². The van der Waals surface area contributed by atoms with Crippen molar-refractivity contribution in [1.29, 1.82) is 0 Å². The Morgan fingerprint density at radius 3 is 2.10 bits per heavy atom. The number of ether oxygens (including phenoxy) is 1. The largest absolute Gasteiger partial charge is 0.497 e. The van der Waals surface area contributed by atoms with E-state index in [1.54, 1.807) is 36.4 Å². The lowest BCUT2D eigenvalue weighted by Crippen LogP contribution is -2.30. The number of non-ortho nitro benzene ring substituents is 2. The first-order chi connectivity index (χ1) is 14.4. The van der Waals surface area contributed by atoms with E-state index in [0.29, 0.717) is 17.0 Å². The highest BCUT2D eigenvalue weighted by molar-refractivity contribution is 6.06. The second-order valence-electron chi connectivity index (χ2n) is 6.32. The van der Waals surface area contributed by atoms with Crippen molar-refractivity contribution in [3.63, 3.8) is 0 Å². The number of carbonyl (C=O) groups is 1. The van der Waals surface area contributed by atoms with Crippen LogP contribution in [0.15, 0.2) is 72.8 Å². The first kappa shape index (κ1) is 20.5. The van der Waals surface area contributed by atoms with Crippen molar-refractivity contribution in [2.45, 2.75) is 6.54 Å². The molecule has 0 saturated carbocycles. The lowest BCUT2D eigenvalue weighted by Gasteiger charge is -2.23. The average molecular weight is 407 g/mol. The summed E-state index contributed by atoms with van der Waals surface area (Å²) in [6.45, 7) is 0.117. The molecular weight excluding hydrogens is 390 g/mol. The van der Waals surface area contributed by atoms with Crippen LogP contribution in [0.3, 0.4) is 0 Å². The molecule has 0 spiro atoms. The molecule has 9 heteroatoms. The predicted octanol–water partition coefficient (Wildman–Crippen LogP) is 4.36. The predicted molar refractivity (Wildman–Crippen MR) is 110 cm³/mol. The fourth-order valence-corrected chi connectivity index (χ4v) is 2.86. The Bertz CT molecular complexity index is 1080. The number of hydrogen-bond acceptors (Lipinski definition) is 6. The monoisotopic (exact) mass is 407 g/mol. The highest BCUT2D eigenvalue weighted by Crippen LogP contribution is 2.25. The number of rotatable bonds is 7. The summed E-state index contributed by atoms with van der Waals surface area (Å²) >= 11 is 0. The van der Waals surface area contributed by atoms with E-state index in [2.05, 4.69) is 0 Å². The molecule has 0 atom stereocenters. The summed E-state index contributed by atoms with van der Waals surface area (Å²) in [5.41, 5.74) is 1.12. The number of carbonyl (C=O) groups excluding carboxylic acids is 1. The molecule has 0 unspecified atom stereocenters. The van der Waals surface area contributed by atoms with E-state index in [0.717, 1.165) is 0 Å². The quantitative estimate of drug-likeness (QED) is 0.424. The van der Waals surface area contributed by atoms with Gasteiger partial charge in [0.25, 0.3) is 17.3 Å². The SMILES string of the molecule is COc1ccc(N(Cc2ccc([N+](=O)[O-])cc2)C(=O)c2cccc([N+](=O)[O-])c2)cc1. The number of nitrogens with zero attached hydrogens (tertiary/aromatic N) is 3. The molecule has 3 rings (SSSR count). The number of hydrogen-bond donors (Lipinski definition) is 0. The van der Waals surface area contributed by atoms with E-state index >= 15 is 0 Å². The van der Waals surface area contributed by atoms with Crippen molar-refractivity contribution in [1.82, 2.24) is 0 Å². The van der Waals surface area contributed by atoms with Crippen molar-refractivity contribution in [2.75, 3.05) is 12.0 Å². The molecule has 0 aromatic heterocycles. The average Bonchev–Trinajstić information content (AvgIpc) is 2.77. The third-order valence-corrected chi connectivity index (χ3v) is 4.42. The van der Waals surface area contributed by atoms with E-state index < -0.39 is 15.8 Å². The molecule has 0 bridgehead atoms. The maximum Gasteiger partial charge on any atom is 0.270 e. The van der Waals surface area contributed by atoms with Gasteiger partial charge in [-0.1, -0.05) is 18.2 Å². The Hall–Kier alpha value is -4.27. The number of amides is 1. The smallest absolute Gasteiger partial charge is 0.270 e. The van der Waals surface area contributed by atoms with Gasteiger partial charge in [0, 0.05) is 35.5 Å². The highest BCUT2D eigenvalue weighted by atomic mass is 16.6. The van der Waals surface area contributed by atoms with Gasteiger partial charge in [0.05, 0.1) is 23.5 Å². The lowest BCUT2D eigenvalue weighted by molar-refractivity contribution is -0.385. The van der Waals surface area contributed by atoms with Gasteiger partial charge < -0.3 is 9.64 Å². The number of nitro benzene ring substituents is 2. The number of benzene rings is 3. The van der Waals surface area contributed by atoms with Crippen molar-refractivity contribution < 1.29 is 19.4 Å². The highest BCUT2D eigenvalue weighted by Gasteiger charge is 2.21. The summed E-state index contributed by atoms with van der Waals surface area (Å²) < 4.78 is 5.15. The van der Waals surface area contributed by atoms with Gasteiger partial charge in [-0.2, -0.15) is 0 Å². The molecule has 1 amide bonds. The molecule has 0 radical (unpaired) electrons. The molecule has 0 aliphatic rings. The minimum atomic E-state index is -0.565. The summed E-state index contributed by atoms with van der Waals surface area (Å²) in [7, 11) is 1.53. The summed E-state index contributed by atoms with van der Waals surface area (Å²) in [4.78, 5) is 35.5. The Labute approximate surface area is 171 Å². The van der Waals surface area contributed by atoms with Gasteiger partial charge in [0.15, 0.2) is 0 Å². The van der Waals surface area contributed by atoms with E-state index in [4.69, 9.17) is 4.74 Å². The number of anilines is 1. The fraction of sp³-hybridized carbons (Fsp3) is 0.0952. The standard InChI is InChI=1S/C21H17N3O6/c1-30-20-11-9-17(10-12-20)22(14-15-5-7-18(8-6-15)23(26)27)21(25)16-3-2-4-19(13-16)24(28)29/h2-13H,14H2,1H3. The lowest BCUT2D eigenvalue weighted by atomic mass is 10.1.